The molecule has 0 bridgehead atoms. The Kier molecular flexibility index (Phi) is 4.88. The molecule has 0 amide bonds. The minimum atomic E-state index is -1.03. The molecular weight excluding hydrogens is 328 g/mol. The van der Waals surface area contributed by atoms with Crippen LogP contribution in [0.4, 0.5) is 0 Å². The molecule has 3 aliphatic rings. The Bertz CT molecular complexity index is 626. The Hall–Kier alpha value is -1.16. The van der Waals surface area contributed by atoms with Crippen LogP contribution in [0.2, 0.25) is 0 Å². The first kappa shape index (κ1) is 19.6. The van der Waals surface area contributed by atoms with Gasteiger partial charge in [0, 0.05) is 12.3 Å². The van der Waals surface area contributed by atoms with Gasteiger partial charge in [-0.25, -0.2) is 0 Å². The molecule has 0 aromatic heterocycles. The van der Waals surface area contributed by atoms with E-state index in [4.69, 9.17) is 4.74 Å². The zero-order valence-electron chi connectivity index (χ0n) is 16.8. The summed E-state index contributed by atoms with van der Waals surface area (Å²) in [4.78, 5) is 25.7. The Balaban J connectivity index is 2.03. The van der Waals surface area contributed by atoms with Crippen molar-refractivity contribution >= 4 is 11.8 Å². The average molecular weight is 363 g/mol. The van der Waals surface area contributed by atoms with Gasteiger partial charge in [-0.15, -0.1) is 0 Å². The summed E-state index contributed by atoms with van der Waals surface area (Å²) in [6.07, 6.45) is 4.98. The Morgan fingerprint density at radius 2 is 1.85 bits per heavy atom. The molecule has 3 fully saturated rings. The van der Waals surface area contributed by atoms with Crippen molar-refractivity contribution in [3.8, 4) is 0 Å². The number of aliphatic hydroxyl groups is 1. The van der Waals surface area contributed by atoms with Crippen LogP contribution in [-0.4, -0.2) is 30.1 Å². The van der Waals surface area contributed by atoms with E-state index in [1.54, 1.807) is 6.92 Å². The predicted molar refractivity (Wildman–Crippen MR) is 100 cm³/mol. The van der Waals surface area contributed by atoms with Gasteiger partial charge in [-0.2, -0.15) is 0 Å². The van der Waals surface area contributed by atoms with Gasteiger partial charge >= 0.3 is 5.97 Å². The Morgan fingerprint density at radius 1 is 1.15 bits per heavy atom. The minimum absolute atomic E-state index is 0.00864. The van der Waals surface area contributed by atoms with Crippen molar-refractivity contribution in [3.63, 3.8) is 0 Å². The molecule has 6 atom stereocenters. The van der Waals surface area contributed by atoms with Crippen LogP contribution in [0, 0.1) is 34.0 Å². The van der Waals surface area contributed by atoms with Crippen LogP contribution in [0.5, 0.6) is 0 Å². The van der Waals surface area contributed by atoms with Gasteiger partial charge in [0.15, 0.2) is 0 Å². The molecule has 0 aliphatic heterocycles. The smallest absolute Gasteiger partial charge is 0.319 e. The van der Waals surface area contributed by atoms with Gasteiger partial charge in [0.1, 0.15) is 11.2 Å². The van der Waals surface area contributed by atoms with Crippen LogP contribution >= 0.6 is 0 Å². The van der Waals surface area contributed by atoms with E-state index in [1.165, 1.54) is 0 Å². The average Bonchev–Trinajstić information content (AvgIpc) is 2.58. The number of esters is 1. The molecule has 3 saturated carbocycles. The van der Waals surface area contributed by atoms with Crippen LogP contribution < -0.4 is 0 Å². The summed E-state index contributed by atoms with van der Waals surface area (Å²) in [5.74, 6) is 0.215. The van der Waals surface area contributed by atoms with Crippen LogP contribution in [0.15, 0.2) is 12.2 Å². The first-order valence-corrected chi connectivity index (χ1v) is 10.1. The summed E-state index contributed by atoms with van der Waals surface area (Å²) in [6.45, 7) is 12.9. The number of rotatable bonds is 3. The second-order valence-electron chi connectivity index (χ2n) is 9.43. The highest BCUT2D eigenvalue weighted by atomic mass is 16.5. The van der Waals surface area contributed by atoms with Crippen molar-refractivity contribution in [2.45, 2.75) is 66.2 Å². The highest BCUT2D eigenvalue weighted by molar-refractivity contribution is 6.04. The molecule has 0 aromatic rings. The first-order valence-electron chi connectivity index (χ1n) is 10.1. The lowest BCUT2D eigenvalue weighted by atomic mass is 9.39. The maximum atomic E-state index is 12.9. The highest BCUT2D eigenvalue weighted by Crippen LogP contribution is 2.68. The van der Waals surface area contributed by atoms with Crippen molar-refractivity contribution in [3.05, 3.63) is 12.2 Å². The third-order valence-corrected chi connectivity index (χ3v) is 8.45. The number of hydrogen-bond donors (Lipinski definition) is 1. The van der Waals surface area contributed by atoms with E-state index in [9.17, 15) is 14.7 Å². The number of fused-ring (bicyclic) bond motifs is 3. The van der Waals surface area contributed by atoms with Gasteiger partial charge < -0.3 is 9.84 Å². The Morgan fingerprint density at radius 3 is 2.46 bits per heavy atom. The van der Waals surface area contributed by atoms with Crippen LogP contribution in [-0.2, 0) is 14.3 Å². The molecule has 0 aromatic carbocycles. The maximum absolute atomic E-state index is 12.9. The summed E-state index contributed by atoms with van der Waals surface area (Å²) in [6, 6.07) is 0. The third-order valence-electron chi connectivity index (χ3n) is 8.45. The molecule has 26 heavy (non-hydrogen) atoms. The fourth-order valence-electron chi connectivity index (χ4n) is 7.01. The monoisotopic (exact) mass is 362 g/mol. The van der Waals surface area contributed by atoms with E-state index in [-0.39, 0.29) is 41.0 Å². The molecule has 0 saturated heterocycles. The lowest BCUT2D eigenvalue weighted by Gasteiger charge is -2.65. The first-order chi connectivity index (χ1) is 12.2. The molecule has 146 valence electrons. The van der Waals surface area contributed by atoms with Gasteiger partial charge in [-0.1, -0.05) is 26.0 Å². The van der Waals surface area contributed by atoms with Crippen molar-refractivity contribution in [1.29, 1.82) is 0 Å². The van der Waals surface area contributed by atoms with Crippen molar-refractivity contribution in [1.82, 2.24) is 0 Å². The van der Waals surface area contributed by atoms with Gasteiger partial charge in [-0.3, -0.25) is 9.59 Å². The van der Waals surface area contributed by atoms with Gasteiger partial charge in [0.25, 0.3) is 0 Å². The third kappa shape index (κ3) is 2.44. The van der Waals surface area contributed by atoms with Crippen LogP contribution in [0.25, 0.3) is 0 Å². The number of ether oxygens (including phenoxy) is 1. The SMILES string of the molecule is C=C1CC[C@H]2[C@@](C)(CC[C@H]3[C@@](C)(C(=O)OCC)C(=O)CC[C@]23C)[C@@H]1CO. The molecule has 4 heteroatoms. The molecule has 0 spiro atoms. The summed E-state index contributed by atoms with van der Waals surface area (Å²) in [5, 5.41) is 10.1. The van der Waals surface area contributed by atoms with E-state index >= 15 is 0 Å². The van der Waals surface area contributed by atoms with Crippen molar-refractivity contribution < 1.29 is 19.4 Å². The van der Waals surface area contributed by atoms with E-state index < -0.39 is 5.41 Å². The number of ketones is 1. The molecule has 4 nitrogen and oxygen atoms in total. The lowest BCUT2D eigenvalue weighted by Crippen LogP contribution is -2.63. The van der Waals surface area contributed by atoms with E-state index in [0.29, 0.717) is 18.9 Å². The number of hydrogen-bond acceptors (Lipinski definition) is 4. The van der Waals surface area contributed by atoms with Gasteiger partial charge in [-0.05, 0) is 68.6 Å². The number of carbonyl (C=O) groups is 2. The number of carbonyl (C=O) groups excluding carboxylic acids is 2. The van der Waals surface area contributed by atoms with Crippen LogP contribution in [0.3, 0.4) is 0 Å². The Labute approximate surface area is 157 Å². The summed E-state index contributed by atoms with van der Waals surface area (Å²) < 4.78 is 5.36. The van der Waals surface area contributed by atoms with E-state index in [2.05, 4.69) is 20.4 Å². The highest BCUT2D eigenvalue weighted by Gasteiger charge is 2.66. The van der Waals surface area contributed by atoms with Crippen molar-refractivity contribution in [2.75, 3.05) is 13.2 Å². The van der Waals surface area contributed by atoms with Crippen molar-refractivity contribution in [2.24, 2.45) is 34.0 Å². The maximum Gasteiger partial charge on any atom is 0.319 e. The number of aliphatic hydroxyl groups excluding tert-OH is 1. The molecule has 0 radical (unpaired) electrons. The zero-order valence-corrected chi connectivity index (χ0v) is 16.8. The lowest BCUT2D eigenvalue weighted by molar-refractivity contribution is -0.191. The molecular formula is C22H34O4. The summed E-state index contributed by atoms with van der Waals surface area (Å²) >= 11 is 0. The molecule has 1 N–H and O–H groups in total. The standard InChI is InChI=1S/C22H34O4/c1-6-26-19(25)22(5)17-9-11-20(3)15(13-23)14(2)7-8-16(20)21(17,4)12-10-18(22)24/h15-17,23H,2,6-13H2,1,3-5H3/t15-,16+,17-,20+,21-,22-/m1/s1. The fourth-order valence-corrected chi connectivity index (χ4v) is 7.01. The zero-order chi connectivity index (χ0) is 19.3. The normalized spacial score (nSPS) is 45.7. The summed E-state index contributed by atoms with van der Waals surface area (Å²) in [7, 11) is 0. The molecule has 3 rings (SSSR count). The second-order valence-corrected chi connectivity index (χ2v) is 9.43. The van der Waals surface area contributed by atoms with Gasteiger partial charge in [0.05, 0.1) is 13.2 Å². The number of Topliss-reactive ketones (excluding diaryl/α,β-unsaturated/α-hetero) is 1. The van der Waals surface area contributed by atoms with E-state index in [1.807, 2.05) is 6.92 Å². The second kappa shape index (κ2) is 6.47. The largest absolute Gasteiger partial charge is 0.465 e. The molecule has 0 heterocycles. The molecule has 0 unspecified atom stereocenters. The fraction of sp³-hybridized carbons (Fsp3) is 0.818. The topological polar surface area (TPSA) is 63.6 Å². The minimum Gasteiger partial charge on any atom is -0.465 e. The summed E-state index contributed by atoms with van der Waals surface area (Å²) in [5.41, 5.74) is 0.0309. The van der Waals surface area contributed by atoms with E-state index in [0.717, 1.165) is 37.7 Å². The van der Waals surface area contributed by atoms with Crippen LogP contribution in [0.1, 0.15) is 66.2 Å². The predicted octanol–water partition coefficient (Wildman–Crippen LogP) is 3.92. The van der Waals surface area contributed by atoms with Gasteiger partial charge in [0.2, 0.25) is 0 Å². The molecule has 3 aliphatic carbocycles. The quantitative estimate of drug-likeness (QED) is 0.470.